The number of hydrogen-bond acceptors (Lipinski definition) is 3. The van der Waals surface area contributed by atoms with Gasteiger partial charge in [0.25, 0.3) is 0 Å². The Balaban J connectivity index is 1.79. The monoisotopic (exact) mass is 217 g/mol. The number of piperazine rings is 1. The van der Waals surface area contributed by atoms with Crippen molar-refractivity contribution in [2.45, 2.75) is 6.54 Å². The first kappa shape index (κ1) is 11.3. The van der Waals surface area contributed by atoms with Crippen LogP contribution in [0.15, 0.2) is 30.3 Å². The summed E-state index contributed by atoms with van der Waals surface area (Å²) in [5.74, 6) is 0. The van der Waals surface area contributed by atoms with Crippen LogP contribution in [-0.4, -0.2) is 48.8 Å². The third-order valence-corrected chi connectivity index (χ3v) is 3.00. The summed E-state index contributed by atoms with van der Waals surface area (Å²) in [6.07, 6.45) is 1.96. The normalized spacial score (nSPS) is 18.5. The van der Waals surface area contributed by atoms with Gasteiger partial charge in [-0.1, -0.05) is 30.3 Å². The van der Waals surface area contributed by atoms with Crippen LogP contribution in [0.25, 0.3) is 0 Å². The highest BCUT2D eigenvalue weighted by atomic mass is 16.1. The lowest BCUT2D eigenvalue weighted by atomic mass is 10.2. The van der Waals surface area contributed by atoms with Crippen molar-refractivity contribution in [2.75, 3.05) is 32.7 Å². The van der Waals surface area contributed by atoms with E-state index < -0.39 is 0 Å². The maximum Gasteiger partial charge on any atom is 0.213 e. The summed E-state index contributed by atoms with van der Waals surface area (Å²) < 4.78 is 0. The first-order chi connectivity index (χ1) is 7.88. The van der Waals surface area contributed by atoms with Crippen LogP contribution in [0.1, 0.15) is 5.56 Å². The molecular weight excluding hydrogens is 200 g/mol. The molecule has 3 heteroatoms. The maximum absolute atomic E-state index is 10.3. The maximum atomic E-state index is 10.3. The first-order valence-corrected chi connectivity index (χ1v) is 5.72. The van der Waals surface area contributed by atoms with Crippen molar-refractivity contribution in [2.24, 2.45) is 0 Å². The predicted molar refractivity (Wildman–Crippen MR) is 63.9 cm³/mol. The summed E-state index contributed by atoms with van der Waals surface area (Å²) in [6.45, 7) is 5.50. The van der Waals surface area contributed by atoms with E-state index in [0.717, 1.165) is 32.7 Å². The highest BCUT2D eigenvalue weighted by molar-refractivity contribution is 5.53. The molecule has 16 heavy (non-hydrogen) atoms. The van der Waals surface area contributed by atoms with E-state index in [1.165, 1.54) is 5.56 Å². The second-order valence-corrected chi connectivity index (χ2v) is 4.18. The summed E-state index contributed by atoms with van der Waals surface area (Å²) in [5, 5.41) is 0. The van der Waals surface area contributed by atoms with Crippen LogP contribution in [0, 0.1) is 0 Å². The lowest BCUT2D eigenvalue weighted by Crippen LogP contribution is -2.46. The molecule has 1 aromatic rings. The highest BCUT2D eigenvalue weighted by Crippen LogP contribution is 2.07. The van der Waals surface area contributed by atoms with Crippen LogP contribution in [0.3, 0.4) is 0 Å². The van der Waals surface area contributed by atoms with Gasteiger partial charge in [-0.3, -0.25) is 14.6 Å². The summed E-state index contributed by atoms with van der Waals surface area (Å²) in [7, 11) is 0. The van der Waals surface area contributed by atoms with E-state index in [1.807, 2.05) is 12.4 Å². The number of nitrogens with zero attached hydrogens (tertiary/aromatic N) is 2. The van der Waals surface area contributed by atoms with Gasteiger partial charge in [0.05, 0.1) is 6.54 Å². The van der Waals surface area contributed by atoms with Gasteiger partial charge in [0.2, 0.25) is 6.29 Å². The van der Waals surface area contributed by atoms with Crippen molar-refractivity contribution in [1.29, 1.82) is 0 Å². The van der Waals surface area contributed by atoms with Crippen molar-refractivity contribution in [3.05, 3.63) is 35.9 Å². The van der Waals surface area contributed by atoms with Gasteiger partial charge in [0, 0.05) is 32.7 Å². The van der Waals surface area contributed by atoms with Crippen LogP contribution < -0.4 is 0 Å². The highest BCUT2D eigenvalue weighted by Gasteiger charge is 2.16. The van der Waals surface area contributed by atoms with Gasteiger partial charge >= 0.3 is 0 Å². The van der Waals surface area contributed by atoms with E-state index in [2.05, 4.69) is 34.1 Å². The quantitative estimate of drug-likeness (QED) is 0.749. The van der Waals surface area contributed by atoms with E-state index in [1.54, 1.807) is 0 Å². The van der Waals surface area contributed by atoms with Crippen molar-refractivity contribution in [3.63, 3.8) is 0 Å². The summed E-state index contributed by atoms with van der Waals surface area (Å²) in [4.78, 5) is 14.8. The van der Waals surface area contributed by atoms with Crippen molar-refractivity contribution in [1.82, 2.24) is 9.80 Å². The first-order valence-electron chi connectivity index (χ1n) is 5.72. The fourth-order valence-electron chi connectivity index (χ4n) is 2.04. The molecule has 3 nitrogen and oxygen atoms in total. The largest absolute Gasteiger partial charge is 0.297 e. The number of hydrogen-bond donors (Lipinski definition) is 0. The molecule has 2 rings (SSSR count). The van der Waals surface area contributed by atoms with Gasteiger partial charge in [0.1, 0.15) is 0 Å². The molecule has 0 N–H and O–H groups in total. The van der Waals surface area contributed by atoms with Crippen molar-refractivity contribution >= 4 is 6.29 Å². The van der Waals surface area contributed by atoms with Crippen LogP contribution in [-0.2, 0) is 11.3 Å². The zero-order chi connectivity index (χ0) is 11.2. The van der Waals surface area contributed by atoms with Gasteiger partial charge in [0.15, 0.2) is 0 Å². The summed E-state index contributed by atoms with van der Waals surface area (Å²) >= 11 is 0. The van der Waals surface area contributed by atoms with Crippen LogP contribution in [0.2, 0.25) is 0 Å². The third-order valence-electron chi connectivity index (χ3n) is 3.00. The molecular formula is C13H17N2O. The Hall–Kier alpha value is -1.19. The standard InChI is InChI=1S/C13H17N2O/c16-11-10-14-6-8-15(9-7-14)12-13-4-2-1-3-5-13/h1-5H,6-10,12H2. The lowest BCUT2D eigenvalue weighted by Gasteiger charge is -2.33. The Kier molecular flexibility index (Phi) is 4.08. The average Bonchev–Trinajstić information content (AvgIpc) is 2.33. The van der Waals surface area contributed by atoms with Crippen LogP contribution >= 0.6 is 0 Å². The van der Waals surface area contributed by atoms with Crippen LogP contribution in [0.5, 0.6) is 0 Å². The molecule has 1 heterocycles. The Morgan fingerprint density at radius 3 is 2.25 bits per heavy atom. The minimum absolute atomic E-state index is 0.458. The molecule has 1 aliphatic heterocycles. The minimum Gasteiger partial charge on any atom is -0.297 e. The lowest BCUT2D eigenvalue weighted by molar-refractivity contribution is 0.139. The minimum atomic E-state index is 0.458. The second-order valence-electron chi connectivity index (χ2n) is 4.18. The Bertz CT molecular complexity index is 318. The molecule has 0 spiro atoms. The van der Waals surface area contributed by atoms with Gasteiger partial charge in [-0.25, -0.2) is 0 Å². The van der Waals surface area contributed by atoms with E-state index >= 15 is 0 Å². The van der Waals surface area contributed by atoms with Crippen LogP contribution in [0.4, 0.5) is 0 Å². The molecule has 0 bridgehead atoms. The SMILES string of the molecule is O=[C]CN1CCN(Cc2ccccc2)CC1. The Morgan fingerprint density at radius 1 is 1.00 bits per heavy atom. The zero-order valence-electron chi connectivity index (χ0n) is 9.43. The topological polar surface area (TPSA) is 23.6 Å². The van der Waals surface area contributed by atoms with Gasteiger partial charge in [-0.15, -0.1) is 0 Å². The van der Waals surface area contributed by atoms with Crippen molar-refractivity contribution in [3.8, 4) is 0 Å². The molecule has 85 valence electrons. The fraction of sp³-hybridized carbons (Fsp3) is 0.462. The van der Waals surface area contributed by atoms with E-state index in [-0.39, 0.29) is 0 Å². The Labute approximate surface area is 96.7 Å². The molecule has 1 fully saturated rings. The smallest absolute Gasteiger partial charge is 0.213 e. The fourth-order valence-corrected chi connectivity index (χ4v) is 2.04. The summed E-state index contributed by atoms with van der Waals surface area (Å²) in [5.41, 5.74) is 1.36. The third kappa shape index (κ3) is 3.15. The average molecular weight is 217 g/mol. The van der Waals surface area contributed by atoms with Gasteiger partial charge in [-0.2, -0.15) is 0 Å². The molecule has 1 aromatic carbocycles. The van der Waals surface area contributed by atoms with Crippen molar-refractivity contribution < 1.29 is 4.79 Å². The summed E-state index contributed by atoms with van der Waals surface area (Å²) in [6, 6.07) is 10.5. The van der Waals surface area contributed by atoms with Gasteiger partial charge < -0.3 is 0 Å². The zero-order valence-corrected chi connectivity index (χ0v) is 9.43. The molecule has 1 aliphatic rings. The molecule has 0 saturated carbocycles. The molecule has 0 aliphatic carbocycles. The second kappa shape index (κ2) is 5.77. The van der Waals surface area contributed by atoms with E-state index in [9.17, 15) is 4.79 Å². The molecule has 0 atom stereocenters. The number of benzene rings is 1. The molecule has 0 aromatic heterocycles. The molecule has 1 radical (unpaired) electrons. The molecule has 1 saturated heterocycles. The van der Waals surface area contributed by atoms with E-state index in [0.29, 0.717) is 6.54 Å². The number of carbonyl (C=O) groups excluding carboxylic acids is 1. The number of rotatable bonds is 4. The van der Waals surface area contributed by atoms with E-state index in [4.69, 9.17) is 0 Å². The van der Waals surface area contributed by atoms with Gasteiger partial charge in [-0.05, 0) is 5.56 Å². The Morgan fingerprint density at radius 2 is 1.62 bits per heavy atom. The predicted octanol–water partition coefficient (Wildman–Crippen LogP) is 0.914. The molecule has 0 amide bonds. The molecule has 0 unspecified atom stereocenters.